The van der Waals surface area contributed by atoms with Gasteiger partial charge in [0.25, 0.3) is 11.8 Å². The standard InChI is InChI=1S/C27H30N6O3/c1-2-29-26(34)20-9-13-22(14-10-20)33-24(25(31-32-33)27(35)30-21-11-12-21)6-4-18-36-23-15-7-19(8-16-23)5-3-17-28/h7-10,13-16,21H,2-6,11-12,18H2,1H3,(H,29,34)(H,30,35). The van der Waals surface area contributed by atoms with Gasteiger partial charge in [-0.05, 0) is 81.0 Å². The van der Waals surface area contributed by atoms with E-state index < -0.39 is 0 Å². The molecule has 1 aliphatic carbocycles. The normalized spacial score (nSPS) is 12.6. The quantitative estimate of drug-likeness (QED) is 0.379. The van der Waals surface area contributed by atoms with Gasteiger partial charge in [-0.3, -0.25) is 9.59 Å². The summed E-state index contributed by atoms with van der Waals surface area (Å²) in [5, 5.41) is 22.9. The van der Waals surface area contributed by atoms with Gasteiger partial charge in [0, 0.05) is 24.6 Å². The van der Waals surface area contributed by atoms with Crippen molar-refractivity contribution in [1.82, 2.24) is 25.6 Å². The predicted octanol–water partition coefficient (Wildman–Crippen LogP) is 3.38. The van der Waals surface area contributed by atoms with Gasteiger partial charge in [0.2, 0.25) is 0 Å². The number of amides is 2. The van der Waals surface area contributed by atoms with Crippen LogP contribution in [0.2, 0.25) is 0 Å². The van der Waals surface area contributed by atoms with Crippen molar-refractivity contribution >= 4 is 11.8 Å². The Balaban J connectivity index is 1.44. The minimum Gasteiger partial charge on any atom is -0.494 e. The SMILES string of the molecule is CCNC(=O)c1ccc(-n2nnc(C(=O)NC3CC3)c2CCCOc2ccc(CCC#N)cc2)cc1. The highest BCUT2D eigenvalue weighted by atomic mass is 16.5. The molecule has 0 radical (unpaired) electrons. The second kappa shape index (κ2) is 12.0. The molecule has 3 aromatic rings. The van der Waals surface area contributed by atoms with E-state index in [1.54, 1.807) is 28.9 Å². The molecule has 9 nitrogen and oxygen atoms in total. The molecule has 0 spiro atoms. The molecule has 9 heteroatoms. The highest BCUT2D eigenvalue weighted by Crippen LogP contribution is 2.21. The lowest BCUT2D eigenvalue weighted by atomic mass is 10.1. The van der Waals surface area contributed by atoms with E-state index >= 15 is 0 Å². The lowest BCUT2D eigenvalue weighted by Gasteiger charge is -2.10. The molecule has 186 valence electrons. The molecule has 1 heterocycles. The number of benzene rings is 2. The molecule has 0 bridgehead atoms. The summed E-state index contributed by atoms with van der Waals surface area (Å²) in [6.45, 7) is 2.89. The molecular formula is C27H30N6O3. The summed E-state index contributed by atoms with van der Waals surface area (Å²) in [6.07, 6.45) is 4.39. The van der Waals surface area contributed by atoms with Crippen LogP contribution in [-0.2, 0) is 12.8 Å². The predicted molar refractivity (Wildman–Crippen MR) is 134 cm³/mol. The average Bonchev–Trinajstić information content (AvgIpc) is 3.61. The third-order valence-corrected chi connectivity index (χ3v) is 5.88. The van der Waals surface area contributed by atoms with Gasteiger partial charge in [0.1, 0.15) is 5.75 Å². The van der Waals surface area contributed by atoms with Crippen LogP contribution >= 0.6 is 0 Å². The molecule has 1 aliphatic rings. The summed E-state index contributed by atoms with van der Waals surface area (Å²) in [4.78, 5) is 24.9. The Bertz CT molecular complexity index is 1220. The highest BCUT2D eigenvalue weighted by molar-refractivity contribution is 5.94. The van der Waals surface area contributed by atoms with E-state index in [2.05, 4.69) is 27.0 Å². The van der Waals surface area contributed by atoms with Gasteiger partial charge in [0.15, 0.2) is 5.69 Å². The maximum Gasteiger partial charge on any atom is 0.273 e. The smallest absolute Gasteiger partial charge is 0.273 e. The molecular weight excluding hydrogens is 456 g/mol. The van der Waals surface area contributed by atoms with Gasteiger partial charge in [-0.1, -0.05) is 17.3 Å². The molecule has 2 N–H and O–H groups in total. The van der Waals surface area contributed by atoms with Crippen LogP contribution < -0.4 is 15.4 Å². The summed E-state index contributed by atoms with van der Waals surface area (Å²) < 4.78 is 7.55. The fourth-order valence-corrected chi connectivity index (χ4v) is 3.79. The first kappa shape index (κ1) is 24.9. The Morgan fingerprint density at radius 1 is 1.08 bits per heavy atom. The van der Waals surface area contributed by atoms with E-state index in [9.17, 15) is 9.59 Å². The Kier molecular flexibility index (Phi) is 8.29. The first-order valence-electron chi connectivity index (χ1n) is 12.3. The lowest BCUT2D eigenvalue weighted by Crippen LogP contribution is -2.27. The summed E-state index contributed by atoms with van der Waals surface area (Å²) in [6, 6.07) is 17.2. The Morgan fingerprint density at radius 2 is 1.83 bits per heavy atom. The van der Waals surface area contributed by atoms with Gasteiger partial charge in [-0.2, -0.15) is 5.26 Å². The van der Waals surface area contributed by atoms with Crippen molar-refractivity contribution in [2.24, 2.45) is 0 Å². The zero-order chi connectivity index (χ0) is 25.3. The molecule has 0 atom stereocenters. The van der Waals surface area contributed by atoms with Gasteiger partial charge in [0.05, 0.1) is 24.1 Å². The minimum absolute atomic E-state index is 0.136. The number of nitrogens with one attached hydrogen (secondary N) is 2. The van der Waals surface area contributed by atoms with Gasteiger partial charge in [-0.15, -0.1) is 5.10 Å². The van der Waals surface area contributed by atoms with Gasteiger partial charge in [-0.25, -0.2) is 4.68 Å². The number of carbonyl (C=O) groups excluding carboxylic acids is 2. The van der Waals surface area contributed by atoms with Crippen LogP contribution in [0.1, 0.15) is 64.7 Å². The second-order valence-corrected chi connectivity index (χ2v) is 8.70. The number of nitrogens with zero attached hydrogens (tertiary/aromatic N) is 4. The molecule has 0 unspecified atom stereocenters. The number of aryl methyl sites for hydroxylation is 1. The van der Waals surface area contributed by atoms with E-state index in [0.29, 0.717) is 49.4 Å². The number of ether oxygens (including phenoxy) is 1. The Hall–Kier alpha value is -4.19. The molecule has 0 aliphatic heterocycles. The zero-order valence-corrected chi connectivity index (χ0v) is 20.4. The van der Waals surface area contributed by atoms with Crippen molar-refractivity contribution < 1.29 is 14.3 Å². The number of rotatable bonds is 12. The van der Waals surface area contributed by atoms with Crippen molar-refractivity contribution in [1.29, 1.82) is 5.26 Å². The topological polar surface area (TPSA) is 122 Å². The van der Waals surface area contributed by atoms with Crippen LogP contribution in [0, 0.1) is 11.3 Å². The molecule has 2 amide bonds. The van der Waals surface area contributed by atoms with E-state index in [0.717, 1.165) is 36.3 Å². The lowest BCUT2D eigenvalue weighted by molar-refractivity contribution is 0.0940. The van der Waals surface area contributed by atoms with Gasteiger partial charge >= 0.3 is 0 Å². The molecule has 4 rings (SSSR count). The second-order valence-electron chi connectivity index (χ2n) is 8.70. The van der Waals surface area contributed by atoms with E-state index in [-0.39, 0.29) is 17.9 Å². The average molecular weight is 487 g/mol. The van der Waals surface area contributed by atoms with E-state index in [4.69, 9.17) is 10.00 Å². The van der Waals surface area contributed by atoms with Crippen molar-refractivity contribution in [2.45, 2.75) is 51.5 Å². The molecule has 1 aromatic heterocycles. The number of hydrogen-bond donors (Lipinski definition) is 2. The maximum atomic E-state index is 12.8. The van der Waals surface area contributed by atoms with Crippen LogP contribution in [0.3, 0.4) is 0 Å². The van der Waals surface area contributed by atoms with Crippen LogP contribution in [0.5, 0.6) is 5.75 Å². The number of aromatic nitrogens is 3. The largest absolute Gasteiger partial charge is 0.494 e. The summed E-state index contributed by atoms with van der Waals surface area (Å²) >= 11 is 0. The summed E-state index contributed by atoms with van der Waals surface area (Å²) in [7, 11) is 0. The fourth-order valence-electron chi connectivity index (χ4n) is 3.79. The van der Waals surface area contributed by atoms with Crippen molar-refractivity contribution in [3.63, 3.8) is 0 Å². The van der Waals surface area contributed by atoms with E-state index in [1.165, 1.54) is 0 Å². The molecule has 1 saturated carbocycles. The summed E-state index contributed by atoms with van der Waals surface area (Å²) in [5.41, 5.74) is 3.40. The first-order valence-corrected chi connectivity index (χ1v) is 12.3. The third-order valence-electron chi connectivity index (χ3n) is 5.88. The molecule has 1 fully saturated rings. The molecule has 36 heavy (non-hydrogen) atoms. The highest BCUT2D eigenvalue weighted by Gasteiger charge is 2.27. The Morgan fingerprint density at radius 3 is 2.50 bits per heavy atom. The van der Waals surface area contributed by atoms with Crippen molar-refractivity contribution in [3.8, 4) is 17.5 Å². The van der Waals surface area contributed by atoms with Crippen molar-refractivity contribution in [2.75, 3.05) is 13.2 Å². The monoisotopic (exact) mass is 486 g/mol. The van der Waals surface area contributed by atoms with Crippen LogP contribution in [0.4, 0.5) is 0 Å². The molecule has 2 aromatic carbocycles. The minimum atomic E-state index is -0.216. The first-order chi connectivity index (χ1) is 17.6. The van der Waals surface area contributed by atoms with Gasteiger partial charge < -0.3 is 15.4 Å². The van der Waals surface area contributed by atoms with E-state index in [1.807, 2.05) is 31.2 Å². The summed E-state index contributed by atoms with van der Waals surface area (Å²) in [5.74, 6) is 0.407. The van der Waals surface area contributed by atoms with Crippen LogP contribution in [0.15, 0.2) is 48.5 Å². The number of carbonyl (C=O) groups is 2. The fraction of sp³-hybridized carbons (Fsp3) is 0.370. The van der Waals surface area contributed by atoms with Crippen LogP contribution in [-0.4, -0.2) is 46.0 Å². The number of hydrogen-bond acceptors (Lipinski definition) is 6. The zero-order valence-electron chi connectivity index (χ0n) is 20.4. The molecule has 0 saturated heterocycles. The Labute approximate surface area is 210 Å². The van der Waals surface area contributed by atoms with Crippen LogP contribution in [0.25, 0.3) is 5.69 Å². The maximum absolute atomic E-state index is 12.8. The van der Waals surface area contributed by atoms with Crippen molar-refractivity contribution in [3.05, 3.63) is 71.0 Å². The number of nitriles is 1. The third kappa shape index (κ3) is 6.48.